The topological polar surface area (TPSA) is 75.3 Å². The first-order valence-corrected chi connectivity index (χ1v) is 10.7. The van der Waals surface area contributed by atoms with Crippen LogP contribution in [0.2, 0.25) is 0 Å². The van der Waals surface area contributed by atoms with Crippen molar-refractivity contribution in [2.75, 3.05) is 10.0 Å². The van der Waals surface area contributed by atoms with Crippen LogP contribution < -0.4 is 10.0 Å². The molecule has 2 aromatic carbocycles. The molecular weight excluding hydrogens is 379 g/mol. The van der Waals surface area contributed by atoms with Crippen LogP contribution in [-0.4, -0.2) is 14.3 Å². The Bertz CT molecular complexity index is 1070. The van der Waals surface area contributed by atoms with Gasteiger partial charge in [0.25, 0.3) is 10.0 Å². The first-order chi connectivity index (χ1) is 13.3. The molecule has 0 saturated heterocycles. The molecule has 0 spiro atoms. The van der Waals surface area contributed by atoms with Gasteiger partial charge in [0.05, 0.1) is 10.6 Å². The lowest BCUT2D eigenvalue weighted by molar-refractivity contribution is -0.120. The molecule has 2 bridgehead atoms. The Morgan fingerprint density at radius 2 is 1.89 bits per heavy atom. The van der Waals surface area contributed by atoms with E-state index in [9.17, 15) is 17.6 Å². The molecule has 0 heterocycles. The number of para-hydroxylation sites is 1. The van der Waals surface area contributed by atoms with Crippen LogP contribution in [-0.2, 0) is 14.8 Å². The van der Waals surface area contributed by atoms with E-state index in [0.29, 0.717) is 17.2 Å². The molecule has 1 saturated carbocycles. The van der Waals surface area contributed by atoms with Crippen LogP contribution in [0.4, 0.5) is 15.8 Å². The molecule has 0 aromatic heterocycles. The Kier molecular flexibility index (Phi) is 4.71. The Morgan fingerprint density at radius 3 is 2.57 bits per heavy atom. The maximum absolute atomic E-state index is 13.8. The molecule has 146 valence electrons. The van der Waals surface area contributed by atoms with Crippen LogP contribution in [0.3, 0.4) is 0 Å². The summed E-state index contributed by atoms with van der Waals surface area (Å²) >= 11 is 0. The summed E-state index contributed by atoms with van der Waals surface area (Å²) in [5.41, 5.74) is 0.797. The molecule has 3 atom stereocenters. The van der Waals surface area contributed by atoms with E-state index in [-0.39, 0.29) is 28.3 Å². The van der Waals surface area contributed by atoms with Gasteiger partial charge in [0.2, 0.25) is 5.91 Å². The van der Waals surface area contributed by atoms with Gasteiger partial charge in [0, 0.05) is 11.6 Å². The summed E-state index contributed by atoms with van der Waals surface area (Å²) in [5, 5.41) is 2.84. The van der Waals surface area contributed by atoms with Gasteiger partial charge < -0.3 is 5.32 Å². The van der Waals surface area contributed by atoms with E-state index in [1.807, 2.05) is 0 Å². The van der Waals surface area contributed by atoms with Gasteiger partial charge >= 0.3 is 0 Å². The maximum atomic E-state index is 13.8. The van der Waals surface area contributed by atoms with Gasteiger partial charge in [0.1, 0.15) is 5.82 Å². The molecule has 0 unspecified atom stereocenters. The fourth-order valence-corrected chi connectivity index (χ4v) is 5.37. The van der Waals surface area contributed by atoms with Gasteiger partial charge in [0.15, 0.2) is 0 Å². The summed E-state index contributed by atoms with van der Waals surface area (Å²) in [5.74, 6) is -0.0856. The summed E-state index contributed by atoms with van der Waals surface area (Å²) in [6, 6.07) is 10.3. The van der Waals surface area contributed by atoms with Crippen LogP contribution in [0.5, 0.6) is 0 Å². The minimum atomic E-state index is -4.00. The fourth-order valence-electron chi connectivity index (χ4n) is 4.03. The standard InChI is InChI=1S/C21H21FN2O3S/c1-13-6-9-16(23-21(25)17-11-14-7-8-15(17)10-14)12-20(13)28(26,27)24-19-5-3-2-4-18(19)22/h2-9,12,14-15,17,24H,10-11H2,1H3,(H,23,25)/t14-,15-,17-/m0/s1. The van der Waals surface area contributed by atoms with E-state index >= 15 is 0 Å². The minimum absolute atomic E-state index is 0.00129. The van der Waals surface area contributed by atoms with Crippen molar-refractivity contribution in [2.45, 2.75) is 24.7 Å². The summed E-state index contributed by atoms with van der Waals surface area (Å²) < 4.78 is 41.7. The van der Waals surface area contributed by atoms with Crippen LogP contribution in [0, 0.1) is 30.5 Å². The number of fused-ring (bicyclic) bond motifs is 2. The average Bonchev–Trinajstić information content (AvgIpc) is 3.28. The number of nitrogens with one attached hydrogen (secondary N) is 2. The minimum Gasteiger partial charge on any atom is -0.326 e. The number of hydrogen-bond donors (Lipinski definition) is 2. The highest BCUT2D eigenvalue weighted by Gasteiger charge is 2.39. The van der Waals surface area contributed by atoms with Crippen molar-refractivity contribution in [1.82, 2.24) is 0 Å². The van der Waals surface area contributed by atoms with Crippen molar-refractivity contribution >= 4 is 27.3 Å². The maximum Gasteiger partial charge on any atom is 0.262 e. The lowest BCUT2D eigenvalue weighted by Gasteiger charge is -2.18. The number of aryl methyl sites for hydroxylation is 1. The molecular formula is C21H21FN2O3S. The van der Waals surface area contributed by atoms with Crippen LogP contribution >= 0.6 is 0 Å². The van der Waals surface area contributed by atoms with Gasteiger partial charge in [-0.2, -0.15) is 0 Å². The Morgan fingerprint density at radius 1 is 1.11 bits per heavy atom. The molecule has 1 fully saturated rings. The van der Waals surface area contributed by atoms with E-state index in [2.05, 4.69) is 22.2 Å². The normalized spacial score (nSPS) is 23.0. The van der Waals surface area contributed by atoms with Crippen LogP contribution in [0.25, 0.3) is 0 Å². The number of anilines is 2. The van der Waals surface area contributed by atoms with Gasteiger partial charge in [-0.1, -0.05) is 30.4 Å². The highest BCUT2D eigenvalue weighted by molar-refractivity contribution is 7.92. The zero-order valence-electron chi connectivity index (χ0n) is 15.4. The Hall–Kier alpha value is -2.67. The highest BCUT2D eigenvalue weighted by Crippen LogP contribution is 2.43. The average molecular weight is 400 g/mol. The number of rotatable bonds is 5. The molecule has 0 radical (unpaired) electrons. The third-order valence-electron chi connectivity index (χ3n) is 5.48. The Labute approximate surface area is 163 Å². The second-order valence-electron chi connectivity index (χ2n) is 7.44. The number of amides is 1. The number of benzene rings is 2. The summed E-state index contributed by atoms with van der Waals surface area (Å²) in [6.07, 6.45) is 6.11. The van der Waals surface area contributed by atoms with E-state index < -0.39 is 15.8 Å². The monoisotopic (exact) mass is 400 g/mol. The quantitative estimate of drug-likeness (QED) is 0.743. The van der Waals surface area contributed by atoms with Crippen molar-refractivity contribution in [3.8, 4) is 0 Å². The zero-order valence-corrected chi connectivity index (χ0v) is 16.2. The summed E-state index contributed by atoms with van der Waals surface area (Å²) in [7, 11) is -4.00. The number of hydrogen-bond acceptors (Lipinski definition) is 3. The van der Waals surface area contributed by atoms with Crippen molar-refractivity contribution in [3.05, 3.63) is 66.0 Å². The predicted molar refractivity (Wildman–Crippen MR) is 106 cm³/mol. The molecule has 2 aliphatic rings. The molecule has 28 heavy (non-hydrogen) atoms. The fraction of sp³-hybridized carbons (Fsp3) is 0.286. The second-order valence-corrected chi connectivity index (χ2v) is 9.09. The number of carbonyl (C=O) groups is 1. The zero-order chi connectivity index (χ0) is 19.9. The second kappa shape index (κ2) is 7.05. The molecule has 1 amide bonds. The molecule has 2 aromatic rings. The van der Waals surface area contributed by atoms with Gasteiger partial charge in [-0.3, -0.25) is 9.52 Å². The molecule has 2 aliphatic carbocycles. The molecule has 2 N–H and O–H groups in total. The smallest absolute Gasteiger partial charge is 0.262 e. The third kappa shape index (κ3) is 3.54. The van der Waals surface area contributed by atoms with Gasteiger partial charge in [-0.25, -0.2) is 12.8 Å². The first-order valence-electron chi connectivity index (χ1n) is 9.21. The third-order valence-corrected chi connectivity index (χ3v) is 6.99. The van der Waals surface area contributed by atoms with Crippen molar-refractivity contribution in [3.63, 3.8) is 0 Å². The van der Waals surface area contributed by atoms with Crippen molar-refractivity contribution < 1.29 is 17.6 Å². The number of halogens is 1. The van der Waals surface area contributed by atoms with E-state index in [0.717, 1.165) is 12.8 Å². The predicted octanol–water partition coefficient (Wildman–Crippen LogP) is 4.09. The highest BCUT2D eigenvalue weighted by atomic mass is 32.2. The lowest BCUT2D eigenvalue weighted by atomic mass is 9.93. The number of carbonyl (C=O) groups excluding carboxylic acids is 1. The number of sulfonamides is 1. The summed E-state index contributed by atoms with van der Waals surface area (Å²) in [6.45, 7) is 1.65. The SMILES string of the molecule is Cc1ccc(NC(=O)[C@H]2C[C@H]3C=C[C@H]2C3)cc1S(=O)(=O)Nc1ccccc1F. The van der Waals surface area contributed by atoms with E-state index in [1.54, 1.807) is 25.1 Å². The van der Waals surface area contributed by atoms with Crippen molar-refractivity contribution in [2.24, 2.45) is 17.8 Å². The molecule has 7 heteroatoms. The van der Waals surface area contributed by atoms with E-state index in [1.165, 1.54) is 24.3 Å². The van der Waals surface area contributed by atoms with Gasteiger partial charge in [-0.15, -0.1) is 0 Å². The summed E-state index contributed by atoms with van der Waals surface area (Å²) in [4.78, 5) is 12.6. The number of allylic oxidation sites excluding steroid dienone is 2. The molecule has 5 nitrogen and oxygen atoms in total. The van der Waals surface area contributed by atoms with Crippen LogP contribution in [0.1, 0.15) is 18.4 Å². The lowest BCUT2D eigenvalue weighted by Crippen LogP contribution is -2.26. The largest absolute Gasteiger partial charge is 0.326 e. The van der Waals surface area contributed by atoms with E-state index in [4.69, 9.17) is 0 Å². The Balaban J connectivity index is 1.56. The van der Waals surface area contributed by atoms with Crippen molar-refractivity contribution in [1.29, 1.82) is 0 Å². The first kappa shape index (κ1) is 18.7. The van der Waals surface area contributed by atoms with Gasteiger partial charge in [-0.05, 0) is 61.4 Å². The van der Waals surface area contributed by atoms with Crippen LogP contribution in [0.15, 0.2) is 59.5 Å². The molecule has 4 rings (SSSR count). The molecule has 0 aliphatic heterocycles.